The Morgan fingerprint density at radius 1 is 1.12 bits per heavy atom. The van der Waals surface area contributed by atoms with E-state index in [1.54, 1.807) is 43.6 Å². The molecule has 0 bridgehead atoms. The van der Waals surface area contributed by atoms with E-state index >= 15 is 0 Å². The number of carbonyl (C=O) groups is 1. The molecule has 5 aromatic rings. The summed E-state index contributed by atoms with van der Waals surface area (Å²) in [5.74, 6) is -1.32. The van der Waals surface area contributed by atoms with Crippen LogP contribution in [0, 0.1) is 12.7 Å². The molecule has 0 spiro atoms. The number of aromatic carboxylic acids is 1. The quantitative estimate of drug-likeness (QED) is 0.203. The number of para-hydroxylation sites is 1. The van der Waals surface area contributed by atoms with Gasteiger partial charge in [0.05, 0.1) is 17.0 Å². The number of fused-ring (bicyclic) bond motifs is 2. The van der Waals surface area contributed by atoms with Gasteiger partial charge in [0, 0.05) is 48.6 Å². The first-order valence-corrected chi connectivity index (χ1v) is 12.6. The van der Waals surface area contributed by atoms with Crippen LogP contribution in [0.25, 0.3) is 33.2 Å². The topological polar surface area (TPSA) is 144 Å². The van der Waals surface area contributed by atoms with Gasteiger partial charge in [-0.25, -0.2) is 13.6 Å². The molecule has 5 rings (SSSR count). The summed E-state index contributed by atoms with van der Waals surface area (Å²) in [4.78, 5) is 24.7. The molecule has 0 amide bonds. The Labute approximate surface area is 234 Å². The molecule has 2 aromatic heterocycles. The number of halogens is 2. The van der Waals surface area contributed by atoms with Crippen molar-refractivity contribution in [2.75, 3.05) is 12.4 Å². The number of hydrogen-bond donors (Lipinski definition) is 4. The number of anilines is 1. The first kappa shape index (κ1) is 30.9. The number of alkyl halides is 1. The summed E-state index contributed by atoms with van der Waals surface area (Å²) in [7, 11) is 2.71. The number of hydrogen-bond acceptors (Lipinski definition) is 7. The molecule has 2 atom stereocenters. The molecule has 0 radical (unpaired) electrons. The lowest BCUT2D eigenvalue weighted by atomic mass is 10.00. The highest BCUT2D eigenvalue weighted by Crippen LogP contribution is 2.32. The van der Waals surface area contributed by atoms with E-state index in [9.17, 15) is 23.5 Å². The van der Waals surface area contributed by atoms with Crippen LogP contribution in [0.3, 0.4) is 0 Å². The zero-order valence-corrected chi connectivity index (χ0v) is 23.3. The fourth-order valence-electron chi connectivity index (χ4n) is 4.36. The average Bonchev–Trinajstić information content (AvgIpc) is 3.30. The van der Waals surface area contributed by atoms with Gasteiger partial charge in [-0.15, -0.1) is 0 Å². The van der Waals surface area contributed by atoms with E-state index in [-0.39, 0.29) is 22.3 Å². The minimum Gasteiger partial charge on any atom is -0.478 e. The number of rotatable bonds is 5. The van der Waals surface area contributed by atoms with Gasteiger partial charge in [0.2, 0.25) is 0 Å². The highest BCUT2D eigenvalue weighted by Gasteiger charge is 2.19. The lowest BCUT2D eigenvalue weighted by Crippen LogP contribution is -2.12. The SMILES string of the molecule is CC(N)F.CO.Cc1cc(C(C)Nc2ccccc2C(=O)O)c2oc(-c3cc(F)c4nn(C)cc4c3)cc(=O)c2c1. The molecule has 2 unspecified atom stereocenters. The lowest BCUT2D eigenvalue weighted by Gasteiger charge is -2.19. The smallest absolute Gasteiger partial charge is 0.337 e. The van der Waals surface area contributed by atoms with Crippen molar-refractivity contribution in [3.05, 3.63) is 93.5 Å². The van der Waals surface area contributed by atoms with Crippen LogP contribution in [-0.2, 0) is 7.05 Å². The number of nitrogens with two attached hydrogens (primary N) is 1. The molecule has 9 nitrogen and oxygen atoms in total. The molecule has 2 heterocycles. The number of aryl methyl sites for hydroxylation is 2. The zero-order chi connectivity index (χ0) is 30.4. The van der Waals surface area contributed by atoms with Crippen LogP contribution < -0.4 is 16.5 Å². The maximum absolute atomic E-state index is 14.7. The molecule has 0 aliphatic carbocycles. The third-order valence-electron chi connectivity index (χ3n) is 5.96. The van der Waals surface area contributed by atoms with Crippen molar-refractivity contribution in [2.45, 2.75) is 33.1 Å². The summed E-state index contributed by atoms with van der Waals surface area (Å²) in [6.07, 6.45) is 0.530. The van der Waals surface area contributed by atoms with E-state index in [2.05, 4.69) is 16.1 Å². The van der Waals surface area contributed by atoms with E-state index in [1.165, 1.54) is 29.8 Å². The maximum Gasteiger partial charge on any atom is 0.337 e. The van der Waals surface area contributed by atoms with Crippen molar-refractivity contribution in [1.82, 2.24) is 9.78 Å². The molecule has 0 aliphatic rings. The van der Waals surface area contributed by atoms with Crippen molar-refractivity contribution in [2.24, 2.45) is 12.8 Å². The molecular formula is C30H32F2N4O5. The Hall–Kier alpha value is -4.61. The molecule has 0 saturated carbocycles. The van der Waals surface area contributed by atoms with Crippen LogP contribution in [0.15, 0.2) is 70.0 Å². The Kier molecular flexibility index (Phi) is 9.93. The van der Waals surface area contributed by atoms with Gasteiger partial charge in [-0.3, -0.25) is 9.48 Å². The van der Waals surface area contributed by atoms with Gasteiger partial charge >= 0.3 is 5.97 Å². The molecule has 3 aromatic carbocycles. The first-order valence-electron chi connectivity index (χ1n) is 12.6. The number of carboxylic acid groups (broad SMARTS) is 1. The summed E-state index contributed by atoms with van der Waals surface area (Å²) in [5.41, 5.74) is 7.34. The van der Waals surface area contributed by atoms with Crippen molar-refractivity contribution in [1.29, 1.82) is 0 Å². The maximum atomic E-state index is 14.7. The average molecular weight is 567 g/mol. The first-order chi connectivity index (χ1) is 19.4. The molecule has 0 fully saturated rings. The Morgan fingerprint density at radius 3 is 2.44 bits per heavy atom. The largest absolute Gasteiger partial charge is 0.478 e. The van der Waals surface area contributed by atoms with Gasteiger partial charge < -0.3 is 25.7 Å². The van der Waals surface area contributed by atoms with Crippen LogP contribution in [0.2, 0.25) is 0 Å². The van der Waals surface area contributed by atoms with Crippen LogP contribution in [0.1, 0.15) is 41.4 Å². The van der Waals surface area contributed by atoms with Crippen molar-refractivity contribution >= 4 is 33.5 Å². The van der Waals surface area contributed by atoms with E-state index < -0.39 is 24.1 Å². The predicted molar refractivity (Wildman–Crippen MR) is 155 cm³/mol. The van der Waals surface area contributed by atoms with Gasteiger partial charge in [-0.05, 0) is 56.7 Å². The van der Waals surface area contributed by atoms with Gasteiger partial charge in [0.15, 0.2) is 11.2 Å². The summed E-state index contributed by atoms with van der Waals surface area (Å²) < 4.78 is 33.2. The van der Waals surface area contributed by atoms with Crippen LogP contribution >= 0.6 is 0 Å². The highest BCUT2D eigenvalue weighted by atomic mass is 19.1. The van der Waals surface area contributed by atoms with Crippen LogP contribution in [-0.4, -0.2) is 39.4 Å². The normalized spacial score (nSPS) is 12.1. The van der Waals surface area contributed by atoms with Crippen molar-refractivity contribution < 1.29 is 28.2 Å². The second-order valence-corrected chi connectivity index (χ2v) is 9.30. The minimum absolute atomic E-state index is 0.138. The molecule has 11 heteroatoms. The third kappa shape index (κ3) is 7.13. The predicted octanol–water partition coefficient (Wildman–Crippen LogP) is 5.53. The van der Waals surface area contributed by atoms with E-state index in [1.807, 2.05) is 19.9 Å². The Balaban J connectivity index is 0.000000710. The summed E-state index contributed by atoms with van der Waals surface area (Å²) in [5, 5.41) is 24.9. The van der Waals surface area contributed by atoms with Gasteiger partial charge in [0.25, 0.3) is 0 Å². The summed E-state index contributed by atoms with van der Waals surface area (Å²) in [6, 6.07) is 14.2. The van der Waals surface area contributed by atoms with E-state index in [0.29, 0.717) is 33.2 Å². The molecule has 0 saturated heterocycles. The number of aliphatic hydroxyl groups is 1. The third-order valence-corrected chi connectivity index (χ3v) is 5.96. The van der Waals surface area contributed by atoms with E-state index in [4.69, 9.17) is 9.52 Å². The molecular weight excluding hydrogens is 534 g/mol. The Morgan fingerprint density at radius 2 is 1.78 bits per heavy atom. The number of nitrogens with one attached hydrogen (secondary N) is 1. The summed E-state index contributed by atoms with van der Waals surface area (Å²) in [6.45, 7) is 5.01. The zero-order valence-electron chi connectivity index (χ0n) is 23.3. The minimum atomic E-state index is -1.17. The number of nitrogens with zero attached hydrogens (tertiary/aromatic N) is 2. The molecule has 216 valence electrons. The van der Waals surface area contributed by atoms with Crippen LogP contribution in [0.5, 0.6) is 0 Å². The Bertz CT molecular complexity index is 1740. The number of benzene rings is 3. The second-order valence-electron chi connectivity index (χ2n) is 9.30. The van der Waals surface area contributed by atoms with Crippen molar-refractivity contribution in [3.63, 3.8) is 0 Å². The fraction of sp³-hybridized carbons (Fsp3) is 0.233. The van der Waals surface area contributed by atoms with E-state index in [0.717, 1.165) is 12.7 Å². The van der Waals surface area contributed by atoms with Gasteiger partial charge in [-0.1, -0.05) is 18.2 Å². The highest BCUT2D eigenvalue weighted by molar-refractivity contribution is 5.94. The number of aromatic nitrogens is 2. The fourth-order valence-corrected chi connectivity index (χ4v) is 4.36. The summed E-state index contributed by atoms with van der Waals surface area (Å²) >= 11 is 0. The van der Waals surface area contributed by atoms with Crippen LogP contribution in [0.4, 0.5) is 14.5 Å². The lowest BCUT2D eigenvalue weighted by molar-refractivity contribution is 0.0698. The van der Waals surface area contributed by atoms with Gasteiger partial charge in [0.1, 0.15) is 23.2 Å². The monoisotopic (exact) mass is 566 g/mol. The molecule has 5 N–H and O–H groups in total. The standard InChI is InChI=1S/C27H22FN3O4.C2H6FN.CH4O/c1-14-8-19(15(2)29-22-7-5-4-6-18(22)27(33)34)26-20(9-14)23(32)12-24(35-26)16-10-17-13-31(3)30-25(17)21(28)11-16;1-2(3)4;1-2/h4-13,15,29H,1-3H3,(H,33,34);2H,4H2,1H3;2H,1H3. The number of aliphatic hydroxyl groups excluding tert-OH is 1. The van der Waals surface area contributed by atoms with Crippen molar-refractivity contribution in [3.8, 4) is 11.3 Å². The molecule has 0 aliphatic heterocycles. The molecule has 41 heavy (non-hydrogen) atoms. The van der Waals surface area contributed by atoms with Gasteiger partial charge in [-0.2, -0.15) is 5.10 Å². The second kappa shape index (κ2) is 13.2. The number of carboxylic acids is 1.